The van der Waals surface area contributed by atoms with Crippen LogP contribution in [0.25, 0.3) is 0 Å². The standard InChI is InChI=1S/C11H16N2O4S/c1-6(2)4-17-11(16)12-7(3)9-13-8(5-18-9)10(14)15/h5-7H,4H2,1-3H3,(H,12,16)(H,14,15). The summed E-state index contributed by atoms with van der Waals surface area (Å²) in [6.45, 7) is 5.95. The van der Waals surface area contributed by atoms with E-state index in [0.29, 0.717) is 11.6 Å². The largest absolute Gasteiger partial charge is 0.476 e. The molecule has 0 radical (unpaired) electrons. The Kier molecular flexibility index (Phi) is 5.08. The van der Waals surface area contributed by atoms with Gasteiger partial charge in [0.1, 0.15) is 5.01 Å². The van der Waals surface area contributed by atoms with E-state index in [0.717, 1.165) is 0 Å². The summed E-state index contributed by atoms with van der Waals surface area (Å²) in [4.78, 5) is 26.0. The van der Waals surface area contributed by atoms with Gasteiger partial charge >= 0.3 is 12.1 Å². The van der Waals surface area contributed by atoms with Crippen LogP contribution in [0.4, 0.5) is 4.79 Å². The molecule has 0 aliphatic rings. The molecule has 0 fully saturated rings. The topological polar surface area (TPSA) is 88.5 Å². The predicted molar refractivity (Wildman–Crippen MR) is 66.8 cm³/mol. The molecule has 1 aromatic heterocycles. The van der Waals surface area contributed by atoms with Gasteiger partial charge in [0.15, 0.2) is 5.69 Å². The lowest BCUT2D eigenvalue weighted by molar-refractivity contribution is 0.0691. The number of ether oxygens (including phenoxy) is 1. The number of hydrogen-bond acceptors (Lipinski definition) is 5. The minimum atomic E-state index is -1.08. The Morgan fingerprint density at radius 2 is 2.17 bits per heavy atom. The summed E-state index contributed by atoms with van der Waals surface area (Å²) >= 11 is 1.19. The number of nitrogens with one attached hydrogen (secondary N) is 1. The molecule has 1 unspecified atom stereocenters. The zero-order valence-electron chi connectivity index (χ0n) is 10.5. The normalized spacial score (nSPS) is 12.2. The molecule has 100 valence electrons. The highest BCUT2D eigenvalue weighted by atomic mass is 32.1. The average Bonchev–Trinajstić information content (AvgIpc) is 2.75. The van der Waals surface area contributed by atoms with E-state index < -0.39 is 12.1 Å². The monoisotopic (exact) mass is 272 g/mol. The molecule has 1 aromatic rings. The summed E-state index contributed by atoms with van der Waals surface area (Å²) in [7, 11) is 0. The number of aromatic nitrogens is 1. The van der Waals surface area contributed by atoms with E-state index in [1.807, 2.05) is 13.8 Å². The fraction of sp³-hybridized carbons (Fsp3) is 0.545. The molecule has 0 saturated carbocycles. The van der Waals surface area contributed by atoms with Crippen LogP contribution in [0.15, 0.2) is 5.38 Å². The molecule has 1 heterocycles. The zero-order chi connectivity index (χ0) is 13.7. The van der Waals surface area contributed by atoms with Crippen LogP contribution in [0, 0.1) is 5.92 Å². The van der Waals surface area contributed by atoms with Gasteiger partial charge in [-0.25, -0.2) is 14.6 Å². The third kappa shape index (κ3) is 4.33. The fourth-order valence-electron chi connectivity index (χ4n) is 1.11. The van der Waals surface area contributed by atoms with Gasteiger partial charge in [0, 0.05) is 5.38 Å². The number of carboxylic acid groups (broad SMARTS) is 1. The van der Waals surface area contributed by atoms with Gasteiger partial charge in [0.25, 0.3) is 0 Å². The van der Waals surface area contributed by atoms with Crippen LogP contribution in [0.1, 0.15) is 42.3 Å². The van der Waals surface area contributed by atoms with Crippen molar-refractivity contribution in [3.8, 4) is 0 Å². The van der Waals surface area contributed by atoms with Crippen LogP contribution in [0.3, 0.4) is 0 Å². The van der Waals surface area contributed by atoms with Gasteiger partial charge in [-0.15, -0.1) is 11.3 Å². The lowest BCUT2D eigenvalue weighted by Gasteiger charge is -2.12. The van der Waals surface area contributed by atoms with Crippen molar-refractivity contribution in [2.45, 2.75) is 26.8 Å². The van der Waals surface area contributed by atoms with E-state index in [4.69, 9.17) is 9.84 Å². The Hall–Kier alpha value is -1.63. The molecule has 0 aromatic carbocycles. The minimum absolute atomic E-state index is 0.0146. The number of carbonyl (C=O) groups is 2. The Balaban J connectivity index is 2.51. The van der Waals surface area contributed by atoms with Crippen molar-refractivity contribution in [1.29, 1.82) is 0 Å². The number of aromatic carboxylic acids is 1. The Morgan fingerprint density at radius 3 is 2.67 bits per heavy atom. The molecule has 2 N–H and O–H groups in total. The maximum Gasteiger partial charge on any atom is 0.407 e. The van der Waals surface area contributed by atoms with Crippen molar-refractivity contribution in [2.75, 3.05) is 6.61 Å². The minimum Gasteiger partial charge on any atom is -0.476 e. The van der Waals surface area contributed by atoms with Crippen LogP contribution >= 0.6 is 11.3 Å². The van der Waals surface area contributed by atoms with Gasteiger partial charge in [-0.1, -0.05) is 13.8 Å². The number of alkyl carbamates (subject to hydrolysis) is 1. The number of carboxylic acids is 1. The highest BCUT2D eigenvalue weighted by Gasteiger charge is 2.16. The third-order valence-electron chi connectivity index (χ3n) is 1.99. The van der Waals surface area contributed by atoms with Crippen molar-refractivity contribution < 1.29 is 19.4 Å². The van der Waals surface area contributed by atoms with Crippen molar-refractivity contribution in [3.05, 3.63) is 16.1 Å². The number of carbonyl (C=O) groups excluding carboxylic acids is 1. The van der Waals surface area contributed by atoms with Gasteiger partial charge in [0.05, 0.1) is 12.6 Å². The highest BCUT2D eigenvalue weighted by Crippen LogP contribution is 2.18. The maximum atomic E-state index is 11.4. The summed E-state index contributed by atoms with van der Waals surface area (Å²) in [5.41, 5.74) is -0.0146. The lowest BCUT2D eigenvalue weighted by atomic mass is 10.2. The Labute approximate surface area is 109 Å². The predicted octanol–water partition coefficient (Wildman–Crippen LogP) is 2.28. The number of rotatable bonds is 5. The van der Waals surface area contributed by atoms with Crippen molar-refractivity contribution in [3.63, 3.8) is 0 Å². The summed E-state index contributed by atoms with van der Waals surface area (Å²) in [5.74, 6) is -0.809. The second-order valence-corrected chi connectivity index (χ2v) is 5.12. The number of hydrogen-bond donors (Lipinski definition) is 2. The van der Waals surface area contributed by atoms with Gasteiger partial charge in [-0.2, -0.15) is 0 Å². The second kappa shape index (κ2) is 6.34. The molecule has 7 heteroatoms. The first-order valence-corrected chi connectivity index (χ1v) is 6.40. The van der Waals surface area contributed by atoms with Crippen LogP contribution in [-0.4, -0.2) is 28.8 Å². The first-order valence-electron chi connectivity index (χ1n) is 5.52. The van der Waals surface area contributed by atoms with Crippen LogP contribution in [0.2, 0.25) is 0 Å². The fourth-order valence-corrected chi connectivity index (χ4v) is 1.91. The molecule has 0 spiro atoms. The molecule has 0 aliphatic carbocycles. The van der Waals surface area contributed by atoms with Gasteiger partial charge in [-0.3, -0.25) is 0 Å². The van der Waals surface area contributed by atoms with Crippen molar-refractivity contribution in [1.82, 2.24) is 10.3 Å². The molecule has 0 saturated heterocycles. The van der Waals surface area contributed by atoms with E-state index in [2.05, 4.69) is 10.3 Å². The van der Waals surface area contributed by atoms with Crippen LogP contribution in [-0.2, 0) is 4.74 Å². The molecule has 1 rings (SSSR count). The van der Waals surface area contributed by atoms with E-state index in [-0.39, 0.29) is 17.7 Å². The summed E-state index contributed by atoms with van der Waals surface area (Å²) in [6.07, 6.45) is -0.525. The molecule has 18 heavy (non-hydrogen) atoms. The number of amides is 1. The van der Waals surface area contributed by atoms with Gasteiger partial charge in [-0.05, 0) is 12.8 Å². The first kappa shape index (κ1) is 14.4. The highest BCUT2D eigenvalue weighted by molar-refractivity contribution is 7.09. The van der Waals surface area contributed by atoms with E-state index >= 15 is 0 Å². The van der Waals surface area contributed by atoms with Crippen molar-refractivity contribution >= 4 is 23.4 Å². The molecular formula is C11H16N2O4S. The zero-order valence-corrected chi connectivity index (χ0v) is 11.3. The Morgan fingerprint density at radius 1 is 1.50 bits per heavy atom. The smallest absolute Gasteiger partial charge is 0.407 e. The summed E-state index contributed by atoms with van der Waals surface area (Å²) in [6, 6.07) is -0.372. The molecular weight excluding hydrogens is 256 g/mol. The quantitative estimate of drug-likeness (QED) is 0.858. The van der Waals surface area contributed by atoms with Gasteiger partial charge in [0.2, 0.25) is 0 Å². The summed E-state index contributed by atoms with van der Waals surface area (Å²) < 4.78 is 4.96. The average molecular weight is 272 g/mol. The van der Waals surface area contributed by atoms with Crippen LogP contribution in [0.5, 0.6) is 0 Å². The lowest BCUT2D eigenvalue weighted by Crippen LogP contribution is -2.28. The Bertz CT molecular complexity index is 430. The van der Waals surface area contributed by atoms with Crippen LogP contribution < -0.4 is 5.32 Å². The van der Waals surface area contributed by atoms with E-state index in [1.165, 1.54) is 16.7 Å². The maximum absolute atomic E-state index is 11.4. The molecule has 0 bridgehead atoms. The first-order chi connectivity index (χ1) is 8.40. The molecule has 1 atom stereocenters. The SMILES string of the molecule is CC(C)COC(=O)NC(C)c1nc(C(=O)O)cs1. The molecule has 6 nitrogen and oxygen atoms in total. The number of nitrogens with zero attached hydrogens (tertiary/aromatic N) is 1. The number of thiazole rings is 1. The van der Waals surface area contributed by atoms with Crippen molar-refractivity contribution in [2.24, 2.45) is 5.92 Å². The third-order valence-corrected chi connectivity index (χ3v) is 3.02. The summed E-state index contributed by atoms with van der Waals surface area (Å²) in [5, 5.41) is 13.3. The van der Waals surface area contributed by atoms with E-state index in [1.54, 1.807) is 6.92 Å². The van der Waals surface area contributed by atoms with Gasteiger partial charge < -0.3 is 15.2 Å². The van der Waals surface area contributed by atoms with E-state index in [9.17, 15) is 9.59 Å². The second-order valence-electron chi connectivity index (χ2n) is 4.23. The molecule has 1 amide bonds. The molecule has 0 aliphatic heterocycles.